The first-order valence-electron chi connectivity index (χ1n) is 5.27. The first-order valence-corrected chi connectivity index (χ1v) is 5.27. The number of aliphatic hydroxyl groups excluding tert-OH is 1. The molecular weight excluding hydrogens is 248 g/mol. The van der Waals surface area contributed by atoms with Crippen molar-refractivity contribution in [3.8, 4) is 6.01 Å². The van der Waals surface area contributed by atoms with Gasteiger partial charge in [-0.2, -0.15) is 15.0 Å². The van der Waals surface area contributed by atoms with Crippen molar-refractivity contribution in [3.63, 3.8) is 0 Å². The zero-order valence-corrected chi connectivity index (χ0v) is 10.1. The summed E-state index contributed by atoms with van der Waals surface area (Å²) in [5.41, 5.74) is 0. The molecule has 0 aliphatic rings. The Balaban J connectivity index is 2.78. The van der Waals surface area contributed by atoms with Crippen LogP contribution in [0.15, 0.2) is 0 Å². The summed E-state index contributed by atoms with van der Waals surface area (Å²) >= 11 is 0. The minimum absolute atomic E-state index is 0.00997. The number of anilines is 2. The molecule has 7 nitrogen and oxygen atoms in total. The maximum absolute atomic E-state index is 12.8. The van der Waals surface area contributed by atoms with E-state index in [-0.39, 0.29) is 17.9 Å². The molecule has 0 fully saturated rings. The molecule has 1 heterocycles. The number of nitrogens with one attached hydrogen (secondary N) is 2. The largest absolute Gasteiger partial charge is 0.467 e. The SMILES string of the molecule is CCNc1nc(NCC(F)(F)CO)nc(OC)n1. The van der Waals surface area contributed by atoms with Crippen LogP contribution in [-0.2, 0) is 0 Å². The highest BCUT2D eigenvalue weighted by Gasteiger charge is 2.27. The van der Waals surface area contributed by atoms with E-state index in [1.165, 1.54) is 7.11 Å². The number of hydrogen-bond acceptors (Lipinski definition) is 7. The van der Waals surface area contributed by atoms with Crippen LogP contribution in [0.25, 0.3) is 0 Å². The monoisotopic (exact) mass is 263 g/mol. The first-order chi connectivity index (χ1) is 8.50. The van der Waals surface area contributed by atoms with Gasteiger partial charge in [0.1, 0.15) is 6.61 Å². The maximum Gasteiger partial charge on any atom is 0.322 e. The average Bonchev–Trinajstić information content (AvgIpc) is 2.37. The van der Waals surface area contributed by atoms with Gasteiger partial charge in [-0.15, -0.1) is 0 Å². The molecular formula is C9H15F2N5O2. The number of ether oxygens (including phenoxy) is 1. The molecule has 1 aromatic heterocycles. The average molecular weight is 263 g/mol. The highest BCUT2D eigenvalue weighted by molar-refractivity contribution is 5.35. The summed E-state index contributed by atoms with van der Waals surface area (Å²) in [6.45, 7) is 0.382. The highest BCUT2D eigenvalue weighted by Crippen LogP contribution is 2.15. The first kappa shape index (κ1) is 14.3. The van der Waals surface area contributed by atoms with Crippen LogP contribution in [0, 0.1) is 0 Å². The number of hydrogen-bond donors (Lipinski definition) is 3. The Labute approximate surface area is 103 Å². The van der Waals surface area contributed by atoms with Crippen LogP contribution in [0.3, 0.4) is 0 Å². The Hall–Kier alpha value is -1.77. The Morgan fingerprint density at radius 1 is 1.22 bits per heavy atom. The van der Waals surface area contributed by atoms with Crippen molar-refractivity contribution in [1.29, 1.82) is 0 Å². The van der Waals surface area contributed by atoms with Crippen molar-refractivity contribution in [2.75, 3.05) is 37.4 Å². The van der Waals surface area contributed by atoms with Crippen molar-refractivity contribution in [2.45, 2.75) is 12.8 Å². The van der Waals surface area contributed by atoms with E-state index in [1.807, 2.05) is 6.92 Å². The number of methoxy groups -OCH3 is 1. The fourth-order valence-electron chi connectivity index (χ4n) is 1.03. The number of alkyl halides is 2. The lowest BCUT2D eigenvalue weighted by Gasteiger charge is -2.14. The van der Waals surface area contributed by atoms with E-state index in [1.54, 1.807) is 0 Å². The zero-order valence-electron chi connectivity index (χ0n) is 10.1. The van der Waals surface area contributed by atoms with Gasteiger partial charge >= 0.3 is 6.01 Å². The molecule has 9 heteroatoms. The lowest BCUT2D eigenvalue weighted by atomic mass is 10.3. The molecule has 0 spiro atoms. The summed E-state index contributed by atoms with van der Waals surface area (Å²) in [5.74, 6) is -3.07. The molecule has 1 rings (SSSR count). The molecule has 0 radical (unpaired) electrons. The van der Waals surface area contributed by atoms with Gasteiger partial charge in [-0.05, 0) is 6.92 Å². The van der Waals surface area contributed by atoms with Gasteiger partial charge in [-0.25, -0.2) is 8.78 Å². The zero-order chi connectivity index (χ0) is 13.6. The third kappa shape index (κ3) is 4.24. The molecule has 0 atom stereocenters. The van der Waals surface area contributed by atoms with E-state index in [9.17, 15) is 8.78 Å². The maximum atomic E-state index is 12.8. The van der Waals surface area contributed by atoms with E-state index in [0.29, 0.717) is 6.54 Å². The molecule has 18 heavy (non-hydrogen) atoms. The van der Waals surface area contributed by atoms with Gasteiger partial charge in [-0.1, -0.05) is 0 Å². The van der Waals surface area contributed by atoms with Gasteiger partial charge in [-0.3, -0.25) is 0 Å². The summed E-state index contributed by atoms with van der Waals surface area (Å²) in [6, 6.07) is 0.00997. The summed E-state index contributed by atoms with van der Waals surface area (Å²) in [5, 5.41) is 13.6. The molecule has 0 amide bonds. The summed E-state index contributed by atoms with van der Waals surface area (Å²) < 4.78 is 30.5. The minimum atomic E-state index is -3.24. The standard InChI is InChI=1S/C9H15F2N5O2/c1-3-12-6-14-7(16-8(15-6)18-2)13-4-9(10,11)5-17/h17H,3-5H2,1-2H3,(H2,12,13,14,15,16). The molecule has 0 unspecified atom stereocenters. The predicted octanol–water partition coefficient (Wildman–Crippen LogP) is 0.351. The summed E-state index contributed by atoms with van der Waals surface area (Å²) in [4.78, 5) is 11.5. The highest BCUT2D eigenvalue weighted by atomic mass is 19.3. The topological polar surface area (TPSA) is 92.2 Å². The van der Waals surface area contributed by atoms with E-state index < -0.39 is 19.1 Å². The predicted molar refractivity (Wildman–Crippen MR) is 61.1 cm³/mol. The Morgan fingerprint density at radius 3 is 2.33 bits per heavy atom. The number of rotatable bonds is 7. The third-order valence-electron chi connectivity index (χ3n) is 1.87. The van der Waals surface area contributed by atoms with Crippen molar-refractivity contribution >= 4 is 11.9 Å². The van der Waals surface area contributed by atoms with E-state index in [4.69, 9.17) is 9.84 Å². The normalized spacial score (nSPS) is 11.2. The molecule has 0 bridgehead atoms. The molecule has 0 aromatic carbocycles. The second-order valence-corrected chi connectivity index (χ2v) is 3.37. The van der Waals surface area contributed by atoms with Crippen LogP contribution < -0.4 is 15.4 Å². The summed E-state index contributed by atoms with van der Waals surface area (Å²) in [7, 11) is 1.36. The number of nitrogens with zero attached hydrogens (tertiary/aromatic N) is 3. The molecule has 0 aliphatic carbocycles. The molecule has 3 N–H and O–H groups in total. The van der Waals surface area contributed by atoms with Crippen molar-refractivity contribution in [3.05, 3.63) is 0 Å². The molecule has 1 aromatic rings. The number of aliphatic hydroxyl groups is 1. The van der Waals surface area contributed by atoms with Crippen molar-refractivity contribution < 1.29 is 18.6 Å². The Morgan fingerprint density at radius 2 is 1.83 bits per heavy atom. The van der Waals surface area contributed by atoms with Crippen molar-refractivity contribution in [1.82, 2.24) is 15.0 Å². The molecule has 0 saturated carbocycles. The van der Waals surface area contributed by atoms with Crippen LogP contribution in [-0.4, -0.2) is 52.8 Å². The van der Waals surface area contributed by atoms with Crippen LogP contribution >= 0.6 is 0 Å². The second-order valence-electron chi connectivity index (χ2n) is 3.37. The smallest absolute Gasteiger partial charge is 0.322 e. The van der Waals surface area contributed by atoms with Crippen LogP contribution in [0.5, 0.6) is 6.01 Å². The van der Waals surface area contributed by atoms with Crippen molar-refractivity contribution in [2.24, 2.45) is 0 Å². The van der Waals surface area contributed by atoms with E-state index in [0.717, 1.165) is 0 Å². The number of aromatic nitrogens is 3. The van der Waals surface area contributed by atoms with Crippen LogP contribution in [0.4, 0.5) is 20.7 Å². The third-order valence-corrected chi connectivity index (χ3v) is 1.87. The lowest BCUT2D eigenvalue weighted by Crippen LogP contribution is -2.31. The number of halogens is 2. The lowest BCUT2D eigenvalue weighted by molar-refractivity contribution is -0.0374. The Kier molecular flexibility index (Phi) is 4.95. The summed E-state index contributed by atoms with van der Waals surface area (Å²) in [6.07, 6.45) is 0. The fraction of sp³-hybridized carbons (Fsp3) is 0.667. The van der Waals surface area contributed by atoms with Gasteiger partial charge in [0.25, 0.3) is 5.92 Å². The van der Waals surface area contributed by atoms with Gasteiger partial charge in [0.15, 0.2) is 0 Å². The van der Waals surface area contributed by atoms with Gasteiger partial charge in [0, 0.05) is 6.54 Å². The van der Waals surface area contributed by atoms with Crippen LogP contribution in [0.1, 0.15) is 6.92 Å². The van der Waals surface area contributed by atoms with Crippen LogP contribution in [0.2, 0.25) is 0 Å². The second kappa shape index (κ2) is 6.24. The van der Waals surface area contributed by atoms with Gasteiger partial charge in [0.05, 0.1) is 13.7 Å². The van der Waals surface area contributed by atoms with Gasteiger partial charge < -0.3 is 20.5 Å². The quantitative estimate of drug-likeness (QED) is 0.653. The minimum Gasteiger partial charge on any atom is -0.467 e. The van der Waals surface area contributed by atoms with Gasteiger partial charge in [0.2, 0.25) is 11.9 Å². The molecule has 0 aliphatic heterocycles. The fourth-order valence-corrected chi connectivity index (χ4v) is 1.03. The van der Waals surface area contributed by atoms with E-state index >= 15 is 0 Å². The van der Waals surface area contributed by atoms with E-state index in [2.05, 4.69) is 25.6 Å². The Bertz CT molecular complexity index is 391. The molecule has 102 valence electrons. The molecule has 0 saturated heterocycles.